The molecule has 1 saturated heterocycles. The molecule has 13 nitrogen and oxygen atoms in total. The second-order valence-corrected chi connectivity index (χ2v) is 6.39. The van der Waals surface area contributed by atoms with Crippen LogP contribution in [0.4, 0.5) is 4.79 Å². The maximum atomic E-state index is 12.3. The molecule has 6 atom stereocenters. The summed E-state index contributed by atoms with van der Waals surface area (Å²) in [6, 6.07) is -1.36. The molecule has 0 saturated carbocycles. The summed E-state index contributed by atoms with van der Waals surface area (Å²) in [7, 11) is 1.51. The molecule has 0 spiro atoms. The van der Waals surface area contributed by atoms with Gasteiger partial charge in [0, 0.05) is 7.11 Å². The van der Waals surface area contributed by atoms with E-state index in [1.54, 1.807) is 0 Å². The van der Waals surface area contributed by atoms with Gasteiger partial charge in [0.15, 0.2) is 12.3 Å². The van der Waals surface area contributed by atoms with Crippen LogP contribution in [0.3, 0.4) is 0 Å². The average molecular weight is 453 g/mol. The Kier molecular flexibility index (Phi) is 13.2. The van der Waals surface area contributed by atoms with Gasteiger partial charge in [0.05, 0.1) is 33.0 Å². The van der Waals surface area contributed by atoms with Gasteiger partial charge in [0.2, 0.25) is 0 Å². The van der Waals surface area contributed by atoms with Crippen LogP contribution in [0.2, 0.25) is 0 Å². The molecule has 1 aliphatic heterocycles. The average Bonchev–Trinajstić information content (AvgIpc) is 2.76. The van der Waals surface area contributed by atoms with Crippen molar-refractivity contribution in [3.63, 3.8) is 0 Å². The van der Waals surface area contributed by atoms with Crippen molar-refractivity contribution in [2.24, 2.45) is 0 Å². The van der Waals surface area contributed by atoms with Gasteiger partial charge < -0.3 is 54.2 Å². The number of amides is 1. The number of esters is 1. The molecule has 0 unspecified atom stereocenters. The Balaban J connectivity index is 2.65. The van der Waals surface area contributed by atoms with Crippen molar-refractivity contribution in [2.45, 2.75) is 36.7 Å². The van der Waals surface area contributed by atoms with E-state index in [2.05, 4.69) is 11.9 Å². The topological polar surface area (TPSA) is 182 Å². The van der Waals surface area contributed by atoms with E-state index in [9.17, 15) is 30.0 Å². The summed E-state index contributed by atoms with van der Waals surface area (Å²) in [5.41, 5.74) is 0. The third-order valence-electron chi connectivity index (χ3n) is 4.09. The molecule has 31 heavy (non-hydrogen) atoms. The van der Waals surface area contributed by atoms with Crippen molar-refractivity contribution in [3.05, 3.63) is 12.7 Å². The molecule has 0 bridgehead atoms. The summed E-state index contributed by atoms with van der Waals surface area (Å²) >= 11 is 0. The number of ether oxygens (including phenoxy) is 6. The van der Waals surface area contributed by atoms with E-state index in [0.29, 0.717) is 13.2 Å². The highest BCUT2D eigenvalue weighted by Crippen LogP contribution is 2.22. The summed E-state index contributed by atoms with van der Waals surface area (Å²) in [4.78, 5) is 24.1. The van der Waals surface area contributed by atoms with Gasteiger partial charge in [-0.1, -0.05) is 12.7 Å². The summed E-state index contributed by atoms with van der Waals surface area (Å²) in [5, 5.41) is 41.1. The maximum absolute atomic E-state index is 12.3. The molecule has 0 aliphatic carbocycles. The quantitative estimate of drug-likeness (QED) is 0.104. The number of hydrogen-bond donors (Lipinski definition) is 5. The van der Waals surface area contributed by atoms with E-state index in [1.807, 2.05) is 0 Å². The van der Waals surface area contributed by atoms with Crippen LogP contribution in [0.25, 0.3) is 0 Å². The Labute approximate surface area is 179 Å². The second-order valence-electron chi connectivity index (χ2n) is 6.39. The predicted octanol–water partition coefficient (Wildman–Crippen LogP) is -2.71. The zero-order valence-corrected chi connectivity index (χ0v) is 17.3. The van der Waals surface area contributed by atoms with E-state index in [0.717, 1.165) is 0 Å². The van der Waals surface area contributed by atoms with E-state index < -0.39 is 62.0 Å². The molecule has 0 radical (unpaired) electrons. The standard InChI is InChI=1S/C18H31NO12/c1-3-4-29-18(25)19-11(16(24)28-8-7-27-6-5-26-2)10-30-17-15(23)14(22)13(21)12(9-20)31-17/h3,11-15,17,20-23H,1,4-10H2,2H3,(H,19,25)/t11-,12+,13+,14-,15+,17-/m0/s1. The fourth-order valence-corrected chi connectivity index (χ4v) is 2.43. The van der Waals surface area contributed by atoms with Gasteiger partial charge in [0.25, 0.3) is 0 Å². The number of rotatable bonds is 14. The largest absolute Gasteiger partial charge is 0.462 e. The molecular formula is C18H31NO12. The van der Waals surface area contributed by atoms with Crippen LogP contribution in [0.5, 0.6) is 0 Å². The zero-order chi connectivity index (χ0) is 23.2. The van der Waals surface area contributed by atoms with Gasteiger partial charge >= 0.3 is 12.1 Å². The number of hydrogen-bond acceptors (Lipinski definition) is 12. The molecule has 1 heterocycles. The van der Waals surface area contributed by atoms with Crippen molar-refractivity contribution in [2.75, 3.05) is 53.4 Å². The molecule has 1 rings (SSSR count). The number of carbonyl (C=O) groups excluding carboxylic acids is 2. The van der Waals surface area contributed by atoms with Crippen molar-refractivity contribution >= 4 is 12.1 Å². The molecule has 1 amide bonds. The Morgan fingerprint density at radius 3 is 2.45 bits per heavy atom. The van der Waals surface area contributed by atoms with Gasteiger partial charge in [-0.2, -0.15) is 0 Å². The van der Waals surface area contributed by atoms with Crippen LogP contribution in [-0.2, 0) is 33.2 Å². The van der Waals surface area contributed by atoms with Crippen LogP contribution >= 0.6 is 0 Å². The highest BCUT2D eigenvalue weighted by molar-refractivity contribution is 5.81. The van der Waals surface area contributed by atoms with Crippen molar-refractivity contribution < 1.29 is 58.4 Å². The summed E-state index contributed by atoms with van der Waals surface area (Å²) in [6.07, 6.45) is -7.19. The van der Waals surface area contributed by atoms with Crippen LogP contribution in [0.1, 0.15) is 0 Å². The van der Waals surface area contributed by atoms with Crippen molar-refractivity contribution in [3.8, 4) is 0 Å². The first-order chi connectivity index (χ1) is 14.8. The molecular weight excluding hydrogens is 422 g/mol. The Morgan fingerprint density at radius 2 is 1.81 bits per heavy atom. The van der Waals surface area contributed by atoms with Gasteiger partial charge in [-0.25, -0.2) is 9.59 Å². The van der Waals surface area contributed by atoms with Gasteiger partial charge in [-0.05, 0) is 0 Å². The van der Waals surface area contributed by atoms with Crippen molar-refractivity contribution in [1.82, 2.24) is 5.32 Å². The molecule has 0 aromatic rings. The van der Waals surface area contributed by atoms with Gasteiger partial charge in [-0.3, -0.25) is 0 Å². The monoisotopic (exact) mass is 453 g/mol. The van der Waals surface area contributed by atoms with Crippen molar-refractivity contribution in [1.29, 1.82) is 0 Å². The van der Waals surface area contributed by atoms with Crippen LogP contribution in [-0.4, -0.2) is 123 Å². The molecule has 5 N–H and O–H groups in total. The fourth-order valence-electron chi connectivity index (χ4n) is 2.43. The lowest BCUT2D eigenvalue weighted by molar-refractivity contribution is -0.301. The summed E-state index contributed by atoms with van der Waals surface area (Å²) in [6.45, 7) is 2.79. The lowest BCUT2D eigenvalue weighted by Crippen LogP contribution is -2.60. The van der Waals surface area contributed by atoms with Crippen LogP contribution < -0.4 is 5.32 Å². The van der Waals surface area contributed by atoms with E-state index in [-0.39, 0.29) is 19.8 Å². The predicted molar refractivity (Wildman–Crippen MR) is 102 cm³/mol. The Hall–Kier alpha value is -1.84. The Morgan fingerprint density at radius 1 is 1.10 bits per heavy atom. The lowest BCUT2D eigenvalue weighted by atomic mass is 9.99. The number of aliphatic hydroxyl groups is 4. The van der Waals surface area contributed by atoms with Gasteiger partial charge in [0.1, 0.15) is 37.6 Å². The third-order valence-corrected chi connectivity index (χ3v) is 4.09. The van der Waals surface area contributed by atoms with E-state index in [1.165, 1.54) is 13.2 Å². The zero-order valence-electron chi connectivity index (χ0n) is 17.3. The van der Waals surface area contributed by atoms with E-state index in [4.69, 9.17) is 28.4 Å². The summed E-state index contributed by atoms with van der Waals surface area (Å²) < 4.78 is 30.3. The van der Waals surface area contributed by atoms with Gasteiger partial charge in [-0.15, -0.1) is 0 Å². The highest BCUT2D eigenvalue weighted by Gasteiger charge is 2.44. The number of alkyl carbamates (subject to hydrolysis) is 1. The smallest absolute Gasteiger partial charge is 0.408 e. The molecule has 0 aromatic carbocycles. The SMILES string of the molecule is C=CCOC(=O)N[C@@H](CO[C@H]1O[C@H](CO)[C@@H](O)[C@H](O)[C@H]1O)C(=O)OCCOCCOC. The number of nitrogens with one attached hydrogen (secondary N) is 1. The number of methoxy groups -OCH3 is 1. The third kappa shape index (κ3) is 9.45. The highest BCUT2D eigenvalue weighted by atomic mass is 16.7. The first-order valence-corrected chi connectivity index (χ1v) is 9.55. The summed E-state index contributed by atoms with van der Waals surface area (Å²) in [5.74, 6) is -0.879. The lowest BCUT2D eigenvalue weighted by Gasteiger charge is -2.39. The molecule has 13 heteroatoms. The normalized spacial score (nSPS) is 26.7. The molecule has 0 aromatic heterocycles. The number of carbonyl (C=O) groups is 2. The molecule has 1 aliphatic rings. The maximum Gasteiger partial charge on any atom is 0.408 e. The fraction of sp³-hybridized carbons (Fsp3) is 0.778. The molecule has 1 fully saturated rings. The van der Waals surface area contributed by atoms with Crippen LogP contribution in [0.15, 0.2) is 12.7 Å². The first kappa shape index (κ1) is 27.2. The second kappa shape index (κ2) is 15.0. The minimum absolute atomic E-state index is 0.0936. The van der Waals surface area contributed by atoms with E-state index >= 15 is 0 Å². The molecule has 180 valence electrons. The van der Waals surface area contributed by atoms with Crippen LogP contribution in [0, 0.1) is 0 Å². The minimum atomic E-state index is -1.67. The number of aliphatic hydroxyl groups excluding tert-OH is 4. The Bertz CT molecular complexity index is 546. The minimum Gasteiger partial charge on any atom is -0.462 e. The first-order valence-electron chi connectivity index (χ1n) is 9.55.